The molecule has 0 saturated heterocycles. The fourth-order valence-corrected chi connectivity index (χ4v) is 4.69. The van der Waals surface area contributed by atoms with Crippen LogP contribution in [-0.4, -0.2) is 81.2 Å². The molecule has 0 bridgehead atoms. The molecule has 0 aliphatic heterocycles. The van der Waals surface area contributed by atoms with E-state index in [1.807, 2.05) is 0 Å². The number of esters is 2. The Morgan fingerprint density at radius 2 is 1.59 bits per heavy atom. The van der Waals surface area contributed by atoms with Crippen LogP contribution in [0.25, 0.3) is 0 Å². The van der Waals surface area contributed by atoms with E-state index in [1.54, 1.807) is 27.7 Å². The van der Waals surface area contributed by atoms with Gasteiger partial charge in [-0.3, -0.25) is 23.2 Å². The molecule has 1 aromatic rings. The van der Waals surface area contributed by atoms with Gasteiger partial charge in [0.05, 0.1) is 18.8 Å². The number of nitrogens with two attached hydrogens (primary N) is 1. The van der Waals surface area contributed by atoms with Crippen molar-refractivity contribution in [1.29, 1.82) is 0 Å². The van der Waals surface area contributed by atoms with Gasteiger partial charge in [-0.15, -0.1) is 0 Å². The number of nitrogen functional groups attached to an aromatic ring is 1. The Labute approximate surface area is 225 Å². The van der Waals surface area contributed by atoms with Gasteiger partial charge in [-0.25, -0.2) is 19.4 Å². The Morgan fingerprint density at radius 1 is 1.10 bits per heavy atom. The summed E-state index contributed by atoms with van der Waals surface area (Å²) in [5.41, 5.74) is 4.46. The molecule has 0 spiro atoms. The molecule has 0 radical (unpaired) electrons. The third-order valence-electron chi connectivity index (χ3n) is 4.85. The van der Waals surface area contributed by atoms with Crippen LogP contribution < -0.4 is 21.6 Å². The largest absolute Gasteiger partial charge is 0.462 e. The van der Waals surface area contributed by atoms with E-state index in [4.69, 9.17) is 24.5 Å². The van der Waals surface area contributed by atoms with Crippen LogP contribution >= 0.6 is 7.67 Å². The number of rotatable bonds is 16. The Kier molecular flexibility index (Phi) is 13.1. The minimum absolute atomic E-state index is 0.133. The summed E-state index contributed by atoms with van der Waals surface area (Å²) in [7, 11) is -4.49. The molecule has 0 saturated carbocycles. The normalized spacial score (nSPS) is 16.8. The highest BCUT2D eigenvalue weighted by Crippen LogP contribution is 2.41. The van der Waals surface area contributed by atoms with E-state index in [2.05, 4.69) is 15.2 Å². The molecular formula is C22H39FN5O10P. The van der Waals surface area contributed by atoms with Crippen molar-refractivity contribution in [2.24, 2.45) is 0 Å². The van der Waals surface area contributed by atoms with Gasteiger partial charge >= 0.3 is 25.3 Å². The highest BCUT2D eigenvalue weighted by atomic mass is 31.2. The second-order valence-electron chi connectivity index (χ2n) is 9.26. The summed E-state index contributed by atoms with van der Waals surface area (Å²) in [6.45, 7) is 7.78. The first-order chi connectivity index (χ1) is 17.9. The number of aromatic nitrogens is 2. The van der Waals surface area contributed by atoms with Crippen molar-refractivity contribution >= 4 is 25.4 Å². The maximum Gasteiger partial charge on any atom is 0.351 e. The van der Waals surface area contributed by atoms with Gasteiger partial charge in [-0.2, -0.15) is 4.98 Å². The molecule has 0 aliphatic carbocycles. The van der Waals surface area contributed by atoms with Gasteiger partial charge in [-0.1, -0.05) is 0 Å². The number of nitrogens with one attached hydrogen (secondary N) is 2. The van der Waals surface area contributed by atoms with Crippen molar-refractivity contribution in [2.45, 2.75) is 90.9 Å². The predicted octanol–water partition coefficient (Wildman–Crippen LogP) is 0.364. The van der Waals surface area contributed by atoms with Gasteiger partial charge in [-0.05, 0) is 54.5 Å². The zero-order chi connectivity index (χ0) is 30.1. The van der Waals surface area contributed by atoms with E-state index in [-0.39, 0.29) is 5.82 Å². The first-order valence-corrected chi connectivity index (χ1v) is 13.8. The molecular weight excluding hydrogens is 544 g/mol. The van der Waals surface area contributed by atoms with Gasteiger partial charge in [0, 0.05) is 6.20 Å². The standard InChI is InChI=1S/C22H39FN5O10P/c1-12(2)36-19(31)14(5)26-39(34,27-15(6)20(32)37-13(3)4)35-11-22(23,16(7)30)38-18(10-29)28-9-8-17(24)25-21(28)33/h8-9,12-16,18,29-30H,10-11H2,1-7H3,(H2,24,25,33)(H2,26,27,34)/t14-,15-,16-,18+,22+/m0/s1. The molecule has 1 rings (SSSR count). The second kappa shape index (κ2) is 14.8. The minimum Gasteiger partial charge on any atom is -0.462 e. The maximum atomic E-state index is 15.9. The van der Waals surface area contributed by atoms with E-state index < -0.39 is 81.0 Å². The third kappa shape index (κ3) is 10.9. The summed E-state index contributed by atoms with van der Waals surface area (Å²) < 4.78 is 50.9. The van der Waals surface area contributed by atoms with Gasteiger partial charge in [0.2, 0.25) is 0 Å². The fraction of sp³-hybridized carbons (Fsp3) is 0.727. The van der Waals surface area contributed by atoms with Crippen LogP contribution in [0.2, 0.25) is 0 Å². The monoisotopic (exact) mass is 583 g/mol. The predicted molar refractivity (Wildman–Crippen MR) is 137 cm³/mol. The number of aliphatic hydroxyl groups excluding tert-OH is 2. The summed E-state index contributed by atoms with van der Waals surface area (Å²) in [6, 6.07) is -1.32. The molecule has 0 fully saturated rings. The van der Waals surface area contributed by atoms with Gasteiger partial charge in [0.1, 0.15) is 30.6 Å². The Bertz CT molecular complexity index is 1040. The summed E-state index contributed by atoms with van der Waals surface area (Å²) in [5, 5.41) is 24.6. The Hall–Kier alpha value is -2.46. The minimum atomic E-state index is -4.49. The van der Waals surface area contributed by atoms with E-state index in [0.29, 0.717) is 0 Å². The number of anilines is 1. The molecule has 224 valence electrons. The number of carbonyl (C=O) groups is 2. The number of aliphatic hydroxyl groups is 2. The van der Waals surface area contributed by atoms with E-state index in [1.165, 1.54) is 19.9 Å². The summed E-state index contributed by atoms with van der Waals surface area (Å²) >= 11 is 0. The molecule has 6 N–H and O–H groups in total. The van der Waals surface area contributed by atoms with Crippen molar-refractivity contribution < 1.29 is 47.5 Å². The lowest BCUT2D eigenvalue weighted by Crippen LogP contribution is -2.48. The highest BCUT2D eigenvalue weighted by Gasteiger charge is 2.44. The van der Waals surface area contributed by atoms with Gasteiger partial charge in [0.25, 0.3) is 5.85 Å². The summed E-state index contributed by atoms with van der Waals surface area (Å²) in [4.78, 5) is 40.2. The van der Waals surface area contributed by atoms with Crippen LogP contribution in [0.4, 0.5) is 10.2 Å². The van der Waals surface area contributed by atoms with E-state index in [9.17, 15) is 29.2 Å². The fourth-order valence-electron chi connectivity index (χ4n) is 2.88. The van der Waals surface area contributed by atoms with Crippen molar-refractivity contribution in [3.63, 3.8) is 0 Å². The molecule has 1 heterocycles. The van der Waals surface area contributed by atoms with Crippen LogP contribution in [0.15, 0.2) is 17.1 Å². The zero-order valence-electron chi connectivity index (χ0n) is 23.0. The van der Waals surface area contributed by atoms with Crippen LogP contribution in [0.5, 0.6) is 0 Å². The highest BCUT2D eigenvalue weighted by molar-refractivity contribution is 7.54. The lowest BCUT2D eigenvalue weighted by molar-refractivity contribution is -0.264. The lowest BCUT2D eigenvalue weighted by Gasteiger charge is -2.34. The molecule has 17 heteroatoms. The number of halogens is 1. The molecule has 15 nitrogen and oxygen atoms in total. The first kappa shape index (κ1) is 34.6. The van der Waals surface area contributed by atoms with E-state index in [0.717, 1.165) is 17.7 Å². The average molecular weight is 584 g/mol. The van der Waals surface area contributed by atoms with Gasteiger partial charge < -0.3 is 30.2 Å². The van der Waals surface area contributed by atoms with Crippen molar-refractivity contribution in [2.75, 3.05) is 18.9 Å². The van der Waals surface area contributed by atoms with Crippen LogP contribution in [0, 0.1) is 0 Å². The quantitative estimate of drug-likeness (QED) is 0.131. The SMILES string of the molecule is CC(C)OC(=O)[C@H](C)NP(=O)(N[C@@H](C)C(=O)OC(C)C)OC[C@@](F)(O[C@H](CO)n1ccc(N)nc1=O)[C@H](C)O. The van der Waals surface area contributed by atoms with Crippen molar-refractivity contribution in [3.8, 4) is 0 Å². The molecule has 0 unspecified atom stereocenters. The van der Waals surface area contributed by atoms with Crippen molar-refractivity contribution in [1.82, 2.24) is 19.7 Å². The number of carbonyl (C=O) groups excluding carboxylic acids is 2. The molecule has 39 heavy (non-hydrogen) atoms. The number of nitrogens with zero attached hydrogens (tertiary/aromatic N) is 2. The second-order valence-corrected chi connectivity index (χ2v) is 11.1. The molecule has 0 amide bonds. The third-order valence-corrected chi connectivity index (χ3v) is 6.80. The Balaban J connectivity index is 3.26. The number of ether oxygens (including phenoxy) is 3. The number of alkyl halides is 1. The number of hydrogen-bond donors (Lipinski definition) is 5. The average Bonchev–Trinajstić information content (AvgIpc) is 2.80. The van der Waals surface area contributed by atoms with Crippen LogP contribution in [0.1, 0.15) is 54.7 Å². The smallest absolute Gasteiger partial charge is 0.351 e. The molecule has 0 aliphatic rings. The van der Waals surface area contributed by atoms with E-state index >= 15 is 4.39 Å². The first-order valence-electron chi connectivity index (χ1n) is 12.1. The van der Waals surface area contributed by atoms with Gasteiger partial charge in [0.15, 0.2) is 6.23 Å². The summed E-state index contributed by atoms with van der Waals surface area (Å²) in [6.07, 6.45) is -3.57. The topological polar surface area (TPSA) is 214 Å². The van der Waals surface area contributed by atoms with Crippen molar-refractivity contribution in [3.05, 3.63) is 22.7 Å². The molecule has 0 aromatic carbocycles. The van der Waals surface area contributed by atoms with Crippen LogP contribution in [0.3, 0.4) is 0 Å². The maximum absolute atomic E-state index is 15.9. The van der Waals surface area contributed by atoms with Crippen LogP contribution in [-0.2, 0) is 32.9 Å². The molecule has 1 aromatic heterocycles. The number of hydrogen-bond acceptors (Lipinski definition) is 12. The summed E-state index contributed by atoms with van der Waals surface area (Å²) in [5.74, 6) is -4.94. The lowest BCUT2D eigenvalue weighted by atomic mass is 10.2. The zero-order valence-corrected chi connectivity index (χ0v) is 23.9. The Morgan fingerprint density at radius 3 is 1.97 bits per heavy atom. The molecule has 5 atom stereocenters.